The number of rotatable bonds is 8. The molecule has 2 atom stereocenters. The van der Waals surface area contributed by atoms with E-state index in [1.165, 1.54) is 32.9 Å². The Morgan fingerprint density at radius 2 is 0.913 bits per heavy atom. The summed E-state index contributed by atoms with van der Waals surface area (Å²) in [6.45, 7) is 0. The van der Waals surface area contributed by atoms with Gasteiger partial charge in [0.15, 0.2) is 0 Å². The van der Waals surface area contributed by atoms with Crippen LogP contribution in [0.1, 0.15) is 40.7 Å². The summed E-state index contributed by atoms with van der Waals surface area (Å²) in [6, 6.07) is 61.8. The molecule has 8 rings (SSSR count). The molecule has 0 saturated heterocycles. The third kappa shape index (κ3) is 7.23. The molecule has 6 aromatic rings. The van der Waals surface area contributed by atoms with Crippen LogP contribution in [0.3, 0.4) is 0 Å². The maximum Gasteiger partial charge on any atom is -0.0238 e. The molecule has 0 aliphatic heterocycles. The summed E-state index contributed by atoms with van der Waals surface area (Å²) in [7, 11) is -0.540. The molecule has 0 aromatic heterocycles. The number of benzene rings is 6. The van der Waals surface area contributed by atoms with E-state index < -0.39 is 30.8 Å². The third-order valence-electron chi connectivity index (χ3n) is 8.73. The summed E-state index contributed by atoms with van der Waals surface area (Å²) in [6.07, 6.45) is 9.66. The number of hydrogen-bond acceptors (Lipinski definition) is 0. The molecular formula is C44H37HfP. The summed E-state index contributed by atoms with van der Waals surface area (Å²) in [5, 5.41) is 4.59. The average molecular weight is 775 g/mol. The van der Waals surface area contributed by atoms with E-state index in [2.05, 4.69) is 188 Å². The average Bonchev–Trinajstić information content (AvgIpc) is 3.71. The Morgan fingerprint density at radius 1 is 0.457 bits per heavy atom. The Bertz CT molecular complexity index is 1830. The maximum absolute atomic E-state index is 2.54. The van der Waals surface area contributed by atoms with Gasteiger partial charge in [-0.05, 0) is 24.0 Å². The zero-order valence-corrected chi connectivity index (χ0v) is 30.4. The van der Waals surface area contributed by atoms with E-state index in [-0.39, 0.29) is 0 Å². The SMILES string of the molecule is C1=C[CH]([Hf][CH]2C(P(c3ccccc3)c3ccccc3)=Cc3ccccc32)c2ccccc21.c1ccc(CCc2ccccc2)cc1. The van der Waals surface area contributed by atoms with Crippen LogP contribution in [0.4, 0.5) is 0 Å². The van der Waals surface area contributed by atoms with Crippen molar-refractivity contribution in [2.45, 2.75) is 20.2 Å². The normalized spacial score (nSPS) is 15.8. The summed E-state index contributed by atoms with van der Waals surface area (Å²) < 4.78 is 1.28. The third-order valence-corrected chi connectivity index (χ3v) is 18.7. The molecule has 2 unspecified atom stereocenters. The summed E-state index contributed by atoms with van der Waals surface area (Å²) in [5.74, 6) is 0. The van der Waals surface area contributed by atoms with Crippen LogP contribution in [0.5, 0.6) is 0 Å². The molecule has 222 valence electrons. The fourth-order valence-electron chi connectivity index (χ4n) is 6.43. The first-order chi connectivity index (χ1) is 22.8. The first-order valence-electron chi connectivity index (χ1n) is 16.2. The second kappa shape index (κ2) is 15.1. The summed E-state index contributed by atoms with van der Waals surface area (Å²) in [4.78, 5) is 0. The topological polar surface area (TPSA) is 0 Å². The van der Waals surface area contributed by atoms with E-state index >= 15 is 0 Å². The molecular weight excluding hydrogens is 738 g/mol. The Kier molecular flexibility index (Phi) is 10.1. The molecule has 6 aromatic carbocycles. The van der Waals surface area contributed by atoms with E-state index in [1.54, 1.807) is 16.4 Å². The van der Waals surface area contributed by atoms with Crippen molar-refractivity contribution >= 4 is 30.7 Å². The zero-order chi connectivity index (χ0) is 31.0. The van der Waals surface area contributed by atoms with Crippen molar-refractivity contribution in [3.8, 4) is 0 Å². The van der Waals surface area contributed by atoms with Gasteiger partial charge in [0.1, 0.15) is 0 Å². The largest absolute Gasteiger partial charge is 0.0622 e. The number of fused-ring (bicyclic) bond motifs is 2. The standard InChI is InChI=1S/C21H16P.C14H14.C9H7.Hf/c1-3-11-19(12-4-1)22(20-13-5-2-6-14-20)21-15-17-9-7-8-10-18(17)16-21;1-3-7-13(8-4-1)11-12-14-9-5-2-6-10-14;1-2-5-9-7-3-6-8(9)4-1;/h1-16H;1-10H,11-12H2;1-7H;. The summed E-state index contributed by atoms with van der Waals surface area (Å²) in [5.41, 5.74) is 8.82. The Morgan fingerprint density at radius 3 is 1.48 bits per heavy atom. The van der Waals surface area contributed by atoms with Gasteiger partial charge in [-0.15, -0.1) is 0 Å². The Hall–Kier alpha value is -3.90. The smallest absolute Gasteiger partial charge is 0.0238 e. The number of allylic oxidation sites excluding steroid dienone is 2. The van der Waals surface area contributed by atoms with Gasteiger partial charge in [-0.2, -0.15) is 0 Å². The van der Waals surface area contributed by atoms with Gasteiger partial charge < -0.3 is 0 Å². The van der Waals surface area contributed by atoms with Crippen LogP contribution >= 0.6 is 7.92 Å². The van der Waals surface area contributed by atoms with Crippen molar-refractivity contribution in [3.63, 3.8) is 0 Å². The van der Waals surface area contributed by atoms with Crippen molar-refractivity contribution in [2.75, 3.05) is 0 Å². The molecule has 2 aliphatic rings. The fraction of sp³-hybridized carbons (Fsp3) is 0.0909. The number of hydrogen-bond donors (Lipinski definition) is 0. The molecule has 46 heavy (non-hydrogen) atoms. The zero-order valence-electron chi connectivity index (χ0n) is 25.9. The van der Waals surface area contributed by atoms with Crippen LogP contribution < -0.4 is 10.6 Å². The van der Waals surface area contributed by atoms with Crippen LogP contribution in [0, 0.1) is 0 Å². The van der Waals surface area contributed by atoms with Gasteiger partial charge in [0.05, 0.1) is 0 Å². The van der Waals surface area contributed by atoms with Crippen LogP contribution in [0.2, 0.25) is 0 Å². The van der Waals surface area contributed by atoms with Gasteiger partial charge in [0.25, 0.3) is 0 Å². The van der Waals surface area contributed by atoms with E-state index in [9.17, 15) is 0 Å². The monoisotopic (exact) mass is 776 g/mol. The van der Waals surface area contributed by atoms with Crippen molar-refractivity contribution in [1.82, 2.24) is 0 Å². The second-order valence-electron chi connectivity index (χ2n) is 11.7. The molecule has 0 bridgehead atoms. The van der Waals surface area contributed by atoms with Gasteiger partial charge in [0, 0.05) is 0 Å². The first-order valence-corrected chi connectivity index (χ1v) is 21.6. The number of aryl methyl sites for hydroxylation is 2. The van der Waals surface area contributed by atoms with E-state index in [1.807, 2.05) is 0 Å². The minimum Gasteiger partial charge on any atom is -0.0622 e. The van der Waals surface area contributed by atoms with E-state index in [0.29, 0.717) is 7.35 Å². The first kappa shape index (κ1) is 30.7. The Balaban J connectivity index is 0.000000202. The van der Waals surface area contributed by atoms with Crippen LogP contribution in [-0.4, -0.2) is 0 Å². The molecule has 0 spiro atoms. The van der Waals surface area contributed by atoms with Gasteiger partial charge in [0.2, 0.25) is 0 Å². The molecule has 0 saturated carbocycles. The van der Waals surface area contributed by atoms with Crippen molar-refractivity contribution in [3.05, 3.63) is 215 Å². The van der Waals surface area contributed by atoms with Crippen LogP contribution in [0.15, 0.2) is 181 Å². The Labute approximate surface area is 286 Å². The minimum absolute atomic E-state index is 0.540. The minimum atomic E-state index is -1.14. The molecule has 0 N–H and O–H groups in total. The molecule has 0 radical (unpaired) electrons. The predicted octanol–water partition coefficient (Wildman–Crippen LogP) is 10.5. The molecule has 2 aliphatic carbocycles. The van der Waals surface area contributed by atoms with Crippen LogP contribution in [0.25, 0.3) is 12.2 Å². The van der Waals surface area contributed by atoms with Gasteiger partial charge in [-0.3, -0.25) is 0 Å². The molecule has 0 heterocycles. The second-order valence-corrected chi connectivity index (χ2v) is 19.5. The van der Waals surface area contributed by atoms with Crippen molar-refractivity contribution < 1.29 is 22.9 Å². The quantitative estimate of drug-likeness (QED) is 0.107. The van der Waals surface area contributed by atoms with Gasteiger partial charge >= 0.3 is 204 Å². The van der Waals surface area contributed by atoms with Crippen LogP contribution in [-0.2, 0) is 35.7 Å². The molecule has 0 amide bonds. The van der Waals surface area contributed by atoms with E-state index in [0.717, 1.165) is 12.8 Å². The summed E-state index contributed by atoms with van der Waals surface area (Å²) >= 11 is -1.14. The predicted molar refractivity (Wildman–Crippen MR) is 195 cm³/mol. The van der Waals surface area contributed by atoms with E-state index in [4.69, 9.17) is 0 Å². The fourth-order valence-corrected chi connectivity index (χ4v) is 17.1. The molecule has 0 fully saturated rings. The van der Waals surface area contributed by atoms with Gasteiger partial charge in [-0.1, -0.05) is 60.7 Å². The molecule has 2 heteroatoms. The van der Waals surface area contributed by atoms with Crippen molar-refractivity contribution in [1.29, 1.82) is 0 Å². The molecule has 0 nitrogen and oxygen atoms in total. The van der Waals surface area contributed by atoms with Crippen molar-refractivity contribution in [2.24, 2.45) is 0 Å². The van der Waals surface area contributed by atoms with Gasteiger partial charge in [-0.25, -0.2) is 0 Å². The maximum atomic E-state index is 2.54.